The highest BCUT2D eigenvalue weighted by Gasteiger charge is 2.34. The van der Waals surface area contributed by atoms with Crippen molar-refractivity contribution in [3.8, 4) is 5.75 Å². The number of nitrogens with one attached hydrogen (secondary N) is 1. The molecule has 1 saturated heterocycles. The fourth-order valence-corrected chi connectivity index (χ4v) is 3.94. The fourth-order valence-electron chi connectivity index (χ4n) is 2.72. The lowest BCUT2D eigenvalue weighted by Gasteiger charge is -2.25. The number of halogens is 1. The second-order valence-corrected chi connectivity index (χ2v) is 7.58. The molecular formula is C19H19ClN2O3S. The van der Waals surface area contributed by atoms with E-state index in [1.54, 1.807) is 36.8 Å². The van der Waals surface area contributed by atoms with E-state index in [-0.39, 0.29) is 17.2 Å². The standard InChI is InChI=1S/C19H19ClN2O3S/c1-12(20)18(24)21-14-6-3-5-13(9-14)19-22(17(23)11-26-19)15-7-4-8-16(10-15)25-2/h3-10,12,19H,11H2,1-2H3,(H,21,24). The van der Waals surface area contributed by atoms with Crippen LogP contribution in [0.15, 0.2) is 48.5 Å². The summed E-state index contributed by atoms with van der Waals surface area (Å²) in [6, 6.07) is 14.9. The van der Waals surface area contributed by atoms with Gasteiger partial charge in [-0.25, -0.2) is 0 Å². The molecule has 1 N–H and O–H groups in total. The largest absolute Gasteiger partial charge is 0.497 e. The van der Waals surface area contributed by atoms with Crippen LogP contribution in [0.25, 0.3) is 0 Å². The predicted molar refractivity (Wildman–Crippen MR) is 106 cm³/mol. The Hall–Kier alpha value is -2.18. The molecule has 136 valence electrons. The Kier molecular flexibility index (Phi) is 5.74. The third-order valence-electron chi connectivity index (χ3n) is 4.00. The molecule has 5 nitrogen and oxygen atoms in total. The first-order valence-electron chi connectivity index (χ1n) is 8.12. The van der Waals surface area contributed by atoms with Crippen molar-refractivity contribution >= 4 is 46.6 Å². The van der Waals surface area contributed by atoms with Crippen LogP contribution in [0.1, 0.15) is 17.9 Å². The average Bonchev–Trinajstić information content (AvgIpc) is 3.03. The molecule has 2 aromatic carbocycles. The third kappa shape index (κ3) is 3.97. The maximum absolute atomic E-state index is 12.5. The summed E-state index contributed by atoms with van der Waals surface area (Å²) in [4.78, 5) is 26.1. The summed E-state index contributed by atoms with van der Waals surface area (Å²) >= 11 is 7.37. The van der Waals surface area contributed by atoms with Crippen LogP contribution in [0.3, 0.4) is 0 Å². The van der Waals surface area contributed by atoms with Crippen molar-refractivity contribution < 1.29 is 14.3 Å². The van der Waals surface area contributed by atoms with Crippen molar-refractivity contribution in [3.05, 3.63) is 54.1 Å². The highest BCUT2D eigenvalue weighted by molar-refractivity contribution is 8.00. The number of hydrogen-bond acceptors (Lipinski definition) is 4. The van der Waals surface area contributed by atoms with Gasteiger partial charge >= 0.3 is 0 Å². The molecular weight excluding hydrogens is 372 g/mol. The molecule has 0 bridgehead atoms. The average molecular weight is 391 g/mol. The molecule has 3 rings (SSSR count). The van der Waals surface area contributed by atoms with Crippen LogP contribution in [0.5, 0.6) is 5.75 Å². The van der Waals surface area contributed by atoms with Crippen LogP contribution in [-0.2, 0) is 9.59 Å². The van der Waals surface area contributed by atoms with Gasteiger partial charge in [0.15, 0.2) is 0 Å². The van der Waals surface area contributed by atoms with Gasteiger partial charge in [-0.3, -0.25) is 14.5 Å². The van der Waals surface area contributed by atoms with Crippen LogP contribution < -0.4 is 15.0 Å². The van der Waals surface area contributed by atoms with E-state index in [2.05, 4.69) is 5.32 Å². The van der Waals surface area contributed by atoms with Crippen LogP contribution in [0, 0.1) is 0 Å². The molecule has 0 saturated carbocycles. The minimum atomic E-state index is -0.616. The van der Waals surface area contributed by atoms with Crippen molar-refractivity contribution in [1.29, 1.82) is 0 Å². The first-order valence-corrected chi connectivity index (χ1v) is 9.60. The lowest BCUT2D eigenvalue weighted by Crippen LogP contribution is -2.28. The second kappa shape index (κ2) is 8.01. The summed E-state index contributed by atoms with van der Waals surface area (Å²) in [7, 11) is 1.60. The normalized spacial score (nSPS) is 17.9. The van der Waals surface area contributed by atoms with Crippen LogP contribution in [0.2, 0.25) is 0 Å². The molecule has 0 aromatic heterocycles. The lowest BCUT2D eigenvalue weighted by atomic mass is 10.1. The summed E-state index contributed by atoms with van der Waals surface area (Å²) < 4.78 is 5.27. The van der Waals surface area contributed by atoms with Gasteiger partial charge in [-0.2, -0.15) is 0 Å². The number of benzene rings is 2. The Bertz CT molecular complexity index is 828. The van der Waals surface area contributed by atoms with Gasteiger partial charge in [0.05, 0.1) is 12.9 Å². The number of carbonyl (C=O) groups excluding carboxylic acids is 2. The minimum absolute atomic E-state index is 0.0390. The van der Waals surface area contributed by atoms with E-state index >= 15 is 0 Å². The van der Waals surface area contributed by atoms with Crippen LogP contribution in [-0.4, -0.2) is 30.1 Å². The number of methoxy groups -OCH3 is 1. The Morgan fingerprint density at radius 1 is 1.31 bits per heavy atom. The molecule has 26 heavy (non-hydrogen) atoms. The monoisotopic (exact) mass is 390 g/mol. The van der Waals surface area contributed by atoms with E-state index < -0.39 is 5.38 Å². The Labute approximate surface area is 161 Å². The maximum Gasteiger partial charge on any atom is 0.242 e. The van der Waals surface area contributed by atoms with Gasteiger partial charge in [-0.15, -0.1) is 23.4 Å². The lowest BCUT2D eigenvalue weighted by molar-refractivity contribution is -0.116. The third-order valence-corrected chi connectivity index (χ3v) is 5.41. The van der Waals surface area contributed by atoms with Gasteiger partial charge in [0.25, 0.3) is 0 Å². The number of rotatable bonds is 5. The number of alkyl halides is 1. The highest BCUT2D eigenvalue weighted by atomic mass is 35.5. The molecule has 0 aliphatic carbocycles. The Morgan fingerprint density at radius 2 is 2.08 bits per heavy atom. The van der Waals surface area contributed by atoms with Gasteiger partial charge in [-0.05, 0) is 36.8 Å². The Morgan fingerprint density at radius 3 is 2.81 bits per heavy atom. The minimum Gasteiger partial charge on any atom is -0.497 e. The highest BCUT2D eigenvalue weighted by Crippen LogP contribution is 2.42. The SMILES string of the molecule is COc1cccc(N2C(=O)CSC2c2cccc(NC(=O)C(C)Cl)c2)c1. The number of anilines is 2. The van der Waals surface area contributed by atoms with E-state index in [1.807, 2.05) is 42.5 Å². The van der Waals surface area contributed by atoms with E-state index in [0.717, 1.165) is 11.3 Å². The quantitative estimate of drug-likeness (QED) is 0.783. The zero-order valence-electron chi connectivity index (χ0n) is 14.4. The van der Waals surface area contributed by atoms with Crippen molar-refractivity contribution in [2.24, 2.45) is 0 Å². The number of amides is 2. The van der Waals surface area contributed by atoms with E-state index in [0.29, 0.717) is 17.2 Å². The zero-order valence-corrected chi connectivity index (χ0v) is 16.0. The summed E-state index contributed by atoms with van der Waals surface area (Å²) in [5, 5.41) is 2.00. The van der Waals surface area contributed by atoms with Crippen molar-refractivity contribution in [1.82, 2.24) is 0 Å². The number of ether oxygens (including phenoxy) is 1. The topological polar surface area (TPSA) is 58.6 Å². The van der Waals surface area contributed by atoms with E-state index in [1.165, 1.54) is 0 Å². The summed E-state index contributed by atoms with van der Waals surface area (Å²) in [5.41, 5.74) is 2.38. The van der Waals surface area contributed by atoms with Gasteiger partial charge in [-0.1, -0.05) is 18.2 Å². The Balaban J connectivity index is 1.90. The molecule has 0 radical (unpaired) electrons. The van der Waals surface area contributed by atoms with E-state index in [4.69, 9.17) is 16.3 Å². The van der Waals surface area contributed by atoms with Crippen LogP contribution in [0.4, 0.5) is 11.4 Å². The number of nitrogens with zero attached hydrogens (tertiary/aromatic N) is 1. The molecule has 2 unspecified atom stereocenters. The number of thioether (sulfide) groups is 1. The van der Waals surface area contributed by atoms with Crippen molar-refractivity contribution in [2.75, 3.05) is 23.1 Å². The van der Waals surface area contributed by atoms with Gasteiger partial charge < -0.3 is 10.1 Å². The summed E-state index contributed by atoms with van der Waals surface area (Å²) in [6.45, 7) is 1.62. The first-order chi connectivity index (χ1) is 12.5. The number of carbonyl (C=O) groups is 2. The molecule has 1 fully saturated rings. The molecule has 1 heterocycles. The second-order valence-electron chi connectivity index (χ2n) is 5.86. The van der Waals surface area contributed by atoms with Crippen molar-refractivity contribution in [3.63, 3.8) is 0 Å². The number of hydrogen-bond donors (Lipinski definition) is 1. The molecule has 2 amide bonds. The molecule has 1 aliphatic heterocycles. The van der Waals surface area contributed by atoms with Crippen molar-refractivity contribution in [2.45, 2.75) is 17.7 Å². The maximum atomic E-state index is 12.5. The van der Waals surface area contributed by atoms with Gasteiger partial charge in [0.1, 0.15) is 16.5 Å². The van der Waals surface area contributed by atoms with Gasteiger partial charge in [0.2, 0.25) is 11.8 Å². The zero-order chi connectivity index (χ0) is 18.7. The molecule has 2 atom stereocenters. The van der Waals surface area contributed by atoms with Gasteiger partial charge in [0, 0.05) is 17.4 Å². The first kappa shape index (κ1) is 18.6. The molecule has 2 aromatic rings. The molecule has 1 aliphatic rings. The predicted octanol–water partition coefficient (Wildman–Crippen LogP) is 4.04. The smallest absolute Gasteiger partial charge is 0.242 e. The fraction of sp³-hybridized carbons (Fsp3) is 0.263. The van der Waals surface area contributed by atoms with E-state index in [9.17, 15) is 9.59 Å². The molecule has 7 heteroatoms. The summed E-state index contributed by atoms with van der Waals surface area (Å²) in [6.07, 6.45) is 0. The molecule has 0 spiro atoms. The van der Waals surface area contributed by atoms with Crippen LogP contribution >= 0.6 is 23.4 Å². The summed E-state index contributed by atoms with van der Waals surface area (Å²) in [5.74, 6) is 0.876.